The summed E-state index contributed by atoms with van der Waals surface area (Å²) in [5.74, 6) is 2.20. The Bertz CT molecular complexity index is 9780. The summed E-state index contributed by atoms with van der Waals surface area (Å²) in [4.78, 5) is 30.7. The van der Waals surface area contributed by atoms with Crippen molar-refractivity contribution in [3.05, 3.63) is 431 Å². The van der Waals surface area contributed by atoms with Crippen LogP contribution in [0.2, 0.25) is 0 Å². The third kappa shape index (κ3) is 12.5. The summed E-state index contributed by atoms with van der Waals surface area (Å²) in [5.41, 5.74) is 22.4. The van der Waals surface area contributed by atoms with Crippen molar-refractivity contribution in [2.45, 2.75) is 0 Å². The number of hydrogen-bond acceptors (Lipinski definition) is 10. The molecule has 133 heavy (non-hydrogen) atoms. The Kier molecular flexibility index (Phi) is 17.9. The van der Waals surface area contributed by atoms with Gasteiger partial charge in [0.25, 0.3) is 0 Å². The fourth-order valence-corrected chi connectivity index (χ4v) is 25.3. The summed E-state index contributed by atoms with van der Waals surface area (Å²) in [6, 6.07) is 153. The lowest BCUT2D eigenvalue weighted by molar-refractivity contribution is 1.18. The van der Waals surface area contributed by atoms with E-state index in [-0.39, 0.29) is 0 Å². The second-order valence-corrected chi connectivity index (χ2v) is 38.0. The van der Waals surface area contributed by atoms with Gasteiger partial charge < -0.3 is 13.7 Å². The second-order valence-electron chi connectivity index (χ2n) is 33.7. The molecule has 13 heteroatoms. The van der Waals surface area contributed by atoms with E-state index in [1.807, 2.05) is 112 Å². The summed E-state index contributed by atoms with van der Waals surface area (Å²) >= 11 is 7.57. The molecule has 29 rings (SSSR count). The molecule has 0 amide bonds. The molecule has 0 atom stereocenters. The van der Waals surface area contributed by atoms with Crippen LogP contribution in [-0.4, -0.2) is 43.6 Å². The Morgan fingerprint density at radius 3 is 0.947 bits per heavy atom. The smallest absolute Gasteiger partial charge is 0.160 e. The van der Waals surface area contributed by atoms with Crippen molar-refractivity contribution in [2.75, 3.05) is 0 Å². The number of para-hydroxylation sites is 3. The zero-order valence-corrected chi connectivity index (χ0v) is 74.4. The highest BCUT2D eigenvalue weighted by molar-refractivity contribution is 7.30. The molecule has 0 bridgehead atoms. The number of fused-ring (bicyclic) bond motifs is 29. The van der Waals surface area contributed by atoms with E-state index >= 15 is 0 Å². The molecule has 0 spiro atoms. The lowest BCUT2D eigenvalue weighted by atomic mass is 10.0. The van der Waals surface area contributed by atoms with Crippen molar-refractivity contribution in [2.24, 2.45) is 0 Å². The van der Waals surface area contributed by atoms with E-state index in [1.54, 1.807) is 0 Å². The SMILES string of the molecule is c1ccc(-c2nc(-c3ccccc3)c3cc(-n4c5ccccc5c5c6c(ccc54)sc4ccccc46)ccc3n2)cc1.c1ccc(-c2nc(-c3ccccc3)c3cc(-n4c5ccccc5c5c6c7ccccc7sc6c6c7ccccc7sc6c54)ccc3n2)cc1.c1ccc(-c2nc(-c3ccccc3)c3cc(-n4c5ccccc5c5c6sc7ccccc7c6ccc54)ccc3n2)cc1. The van der Waals surface area contributed by atoms with Gasteiger partial charge in [-0.2, -0.15) is 0 Å². The normalized spacial score (nSPS) is 11.9. The number of nitrogens with zero attached hydrogens (tertiary/aromatic N) is 9. The molecule has 0 saturated carbocycles. The van der Waals surface area contributed by atoms with Gasteiger partial charge in [-0.1, -0.05) is 315 Å². The molecule has 0 saturated heterocycles. The second kappa shape index (κ2) is 31.1. The third-order valence-corrected chi connectivity index (χ3v) is 30.9. The summed E-state index contributed by atoms with van der Waals surface area (Å²) in [7, 11) is 0. The Morgan fingerprint density at radius 2 is 0.489 bits per heavy atom. The zero-order chi connectivity index (χ0) is 87.3. The first-order valence-corrected chi connectivity index (χ1v) is 47.9. The minimum Gasteiger partial charge on any atom is -0.309 e. The van der Waals surface area contributed by atoms with E-state index in [0.29, 0.717) is 0 Å². The number of benzene rings is 19. The van der Waals surface area contributed by atoms with E-state index in [9.17, 15) is 0 Å². The van der Waals surface area contributed by atoms with Crippen LogP contribution in [0.1, 0.15) is 0 Å². The molecule has 0 aliphatic rings. The standard InChI is InChI=1S/C44H25N3S2.2C38H23N3S/c1-3-13-26(14-4-1)40-32-25-28(23-24-33(32)45-44(46-40)27-15-5-2-6-16-27)47-34-20-10-7-17-29(34)37-38-30-18-8-11-21-35(30)48-42(38)39-31-19-9-12-22-36(31)49-43(39)41(37)47;1-3-11-24(12-4-1)36-30-23-26(19-21-31(30)39-38(40-36)25-13-5-2-6-14-25)41-32-17-9-7-16-29(32)35-33(41)22-20-28-27-15-8-10-18-34(27)42-37(28)35;1-3-11-24(12-4-1)37-29-23-26(19-20-30(29)39-38(40-37)25-13-5-2-6-14-25)41-31-17-9-7-15-27(31)35-32(41)21-22-34-36(35)28-16-8-10-18-33(28)42-34/h1-25H;2*1-23H. The maximum Gasteiger partial charge on any atom is 0.160 e. The molecule has 10 heterocycles. The molecule has 0 fully saturated rings. The first-order chi connectivity index (χ1) is 66.0. The number of rotatable bonds is 9. The summed E-state index contributed by atoms with van der Waals surface area (Å²) in [5, 5.41) is 21.5. The van der Waals surface area contributed by atoms with Crippen molar-refractivity contribution in [1.29, 1.82) is 0 Å². The van der Waals surface area contributed by atoms with Crippen molar-refractivity contribution >= 4 is 224 Å². The molecule has 0 unspecified atom stereocenters. The molecule has 0 N–H and O–H groups in total. The van der Waals surface area contributed by atoms with Gasteiger partial charge in [0.05, 0.1) is 71.4 Å². The van der Waals surface area contributed by atoms with Crippen LogP contribution in [0.3, 0.4) is 0 Å². The lowest BCUT2D eigenvalue weighted by Gasteiger charge is -2.13. The molecule has 29 aromatic rings. The molecular formula is C120H71N9S4. The van der Waals surface area contributed by atoms with Crippen LogP contribution in [0.15, 0.2) is 431 Å². The van der Waals surface area contributed by atoms with Crippen molar-refractivity contribution in [1.82, 2.24) is 43.6 Å². The largest absolute Gasteiger partial charge is 0.309 e. The highest BCUT2D eigenvalue weighted by atomic mass is 32.1. The van der Waals surface area contributed by atoms with E-state index < -0.39 is 0 Å². The molecule has 19 aromatic carbocycles. The van der Waals surface area contributed by atoms with Crippen LogP contribution in [0, 0.1) is 0 Å². The molecule has 10 aromatic heterocycles. The highest BCUT2D eigenvalue weighted by Gasteiger charge is 2.28. The van der Waals surface area contributed by atoms with Crippen LogP contribution in [0.25, 0.3) is 264 Å². The van der Waals surface area contributed by atoms with E-state index in [4.69, 9.17) is 29.9 Å². The van der Waals surface area contributed by atoms with Gasteiger partial charge in [0.15, 0.2) is 17.5 Å². The monoisotopic (exact) mass is 1770 g/mol. The Morgan fingerprint density at radius 1 is 0.165 bits per heavy atom. The predicted octanol–water partition coefficient (Wildman–Crippen LogP) is 33.7. The summed E-state index contributed by atoms with van der Waals surface area (Å²) in [6.07, 6.45) is 0. The van der Waals surface area contributed by atoms with Gasteiger partial charge in [-0.15, -0.1) is 45.3 Å². The van der Waals surface area contributed by atoms with Gasteiger partial charge in [0, 0.05) is 175 Å². The van der Waals surface area contributed by atoms with Crippen LogP contribution in [0.4, 0.5) is 0 Å². The fourth-order valence-electron chi connectivity index (χ4n) is 20.3. The van der Waals surface area contributed by atoms with Gasteiger partial charge in [-0.25, -0.2) is 29.9 Å². The van der Waals surface area contributed by atoms with E-state index in [1.165, 1.54) is 146 Å². The average Bonchev–Trinajstić information content (AvgIpc) is 1.53. The minimum absolute atomic E-state index is 0.732. The van der Waals surface area contributed by atoms with Crippen molar-refractivity contribution < 1.29 is 0 Å². The fraction of sp³-hybridized carbons (Fsp3) is 0. The maximum absolute atomic E-state index is 5.22. The van der Waals surface area contributed by atoms with Gasteiger partial charge in [-0.3, -0.25) is 0 Å². The zero-order valence-electron chi connectivity index (χ0n) is 71.1. The summed E-state index contributed by atoms with van der Waals surface area (Å²) < 4.78 is 17.9. The van der Waals surface area contributed by atoms with E-state index in [0.717, 1.165) is 118 Å². The van der Waals surface area contributed by atoms with E-state index in [2.05, 4.69) is 378 Å². The van der Waals surface area contributed by atoms with Crippen LogP contribution < -0.4 is 0 Å². The quantitative estimate of drug-likeness (QED) is 0.143. The average molecular weight is 1770 g/mol. The number of thiophene rings is 4. The first kappa shape index (κ1) is 76.5. The van der Waals surface area contributed by atoms with Crippen molar-refractivity contribution in [3.8, 4) is 85.0 Å². The van der Waals surface area contributed by atoms with Gasteiger partial charge in [-0.05, 0) is 115 Å². The molecular weight excluding hydrogens is 1700 g/mol. The Labute approximate surface area is 777 Å². The molecule has 9 nitrogen and oxygen atoms in total. The highest BCUT2D eigenvalue weighted by Crippen LogP contribution is 2.54. The molecule has 0 radical (unpaired) electrons. The van der Waals surface area contributed by atoms with Crippen LogP contribution in [0.5, 0.6) is 0 Å². The summed E-state index contributed by atoms with van der Waals surface area (Å²) in [6.45, 7) is 0. The first-order valence-electron chi connectivity index (χ1n) is 44.6. The Hall–Kier alpha value is -16.5. The van der Waals surface area contributed by atoms with Crippen molar-refractivity contribution in [3.63, 3.8) is 0 Å². The third-order valence-electron chi connectivity index (χ3n) is 26.2. The Balaban J connectivity index is 0.000000102. The number of aromatic nitrogens is 9. The van der Waals surface area contributed by atoms with Crippen LogP contribution in [-0.2, 0) is 0 Å². The molecule has 620 valence electrons. The molecule has 0 aliphatic carbocycles. The predicted molar refractivity (Wildman–Crippen MR) is 566 cm³/mol. The molecule has 0 aliphatic heterocycles. The van der Waals surface area contributed by atoms with Gasteiger partial charge >= 0.3 is 0 Å². The minimum atomic E-state index is 0.732. The maximum atomic E-state index is 5.22. The lowest BCUT2D eigenvalue weighted by Crippen LogP contribution is -1.98. The topological polar surface area (TPSA) is 92.1 Å². The van der Waals surface area contributed by atoms with Crippen LogP contribution >= 0.6 is 45.3 Å². The number of hydrogen-bond donors (Lipinski definition) is 0. The van der Waals surface area contributed by atoms with Gasteiger partial charge in [0.1, 0.15) is 0 Å². The van der Waals surface area contributed by atoms with Gasteiger partial charge in [0.2, 0.25) is 0 Å².